The largest absolute Gasteiger partial charge is 0.0842 e. The maximum atomic E-state index is 2.53. The van der Waals surface area contributed by atoms with Crippen molar-refractivity contribution in [1.82, 2.24) is 0 Å². The van der Waals surface area contributed by atoms with E-state index in [2.05, 4.69) is 91.1 Å². The van der Waals surface area contributed by atoms with Crippen LogP contribution in [-0.4, -0.2) is 0 Å². The van der Waals surface area contributed by atoms with Crippen molar-refractivity contribution in [3.8, 4) is 0 Å². The van der Waals surface area contributed by atoms with Crippen molar-refractivity contribution in [2.45, 2.75) is 57.8 Å². The average molecular weight is 467 g/mol. The monoisotopic (exact) mass is 466 g/mol. The van der Waals surface area contributed by atoms with Gasteiger partial charge in [0.25, 0.3) is 0 Å². The molecule has 0 nitrogen and oxygen atoms in total. The molecule has 178 valence electrons. The van der Waals surface area contributed by atoms with Crippen LogP contribution in [0, 0.1) is 5.92 Å². The van der Waals surface area contributed by atoms with E-state index in [1.165, 1.54) is 92.3 Å². The molecule has 0 heterocycles. The lowest BCUT2D eigenvalue weighted by Gasteiger charge is -2.28. The SMILES string of the molecule is C1=CCCC(C2=CC=C(c3c4c(c(C5=CC6=CC=CCC6CC5)c5ccccc35)=CCCC=4)CC2)=C1. The minimum Gasteiger partial charge on any atom is -0.0842 e. The Kier molecular flexibility index (Phi) is 5.62. The van der Waals surface area contributed by atoms with Gasteiger partial charge in [-0.1, -0.05) is 91.1 Å². The molecule has 5 aliphatic rings. The fourth-order valence-electron chi connectivity index (χ4n) is 6.98. The fraction of sp³-hybridized carbons (Fsp3) is 0.278. The van der Waals surface area contributed by atoms with E-state index >= 15 is 0 Å². The van der Waals surface area contributed by atoms with E-state index in [1.807, 2.05) is 0 Å². The van der Waals surface area contributed by atoms with Crippen molar-refractivity contribution in [2.24, 2.45) is 5.92 Å². The zero-order valence-corrected chi connectivity index (χ0v) is 21.1. The molecule has 0 amide bonds. The Balaban J connectivity index is 1.43. The molecule has 0 aromatic heterocycles. The van der Waals surface area contributed by atoms with Crippen LogP contribution in [0.2, 0.25) is 0 Å². The Morgan fingerprint density at radius 1 is 0.583 bits per heavy atom. The minimum absolute atomic E-state index is 0.707. The number of hydrogen-bond donors (Lipinski definition) is 0. The van der Waals surface area contributed by atoms with Crippen molar-refractivity contribution >= 4 is 34.1 Å². The molecule has 0 heteroatoms. The van der Waals surface area contributed by atoms with Gasteiger partial charge < -0.3 is 0 Å². The molecule has 36 heavy (non-hydrogen) atoms. The normalized spacial score (nSPS) is 22.8. The van der Waals surface area contributed by atoms with Gasteiger partial charge in [-0.15, -0.1) is 0 Å². The first-order chi connectivity index (χ1) is 17.9. The topological polar surface area (TPSA) is 0 Å². The second kappa shape index (κ2) is 9.25. The standard InChI is InChI=1S/C36H34/c1-2-10-25(11-3-1)27-18-21-28(22-19-27)35-31-14-6-8-16-33(31)36(34-17-9-7-15-32(34)35)30-23-20-26-12-4-5-13-29(26)24-30/h1-2,4-6,8,10,13-18,21,24,26H,3,7,9,11-12,19-20,22-23H2. The van der Waals surface area contributed by atoms with Crippen molar-refractivity contribution < 1.29 is 0 Å². The summed E-state index contributed by atoms with van der Waals surface area (Å²) in [6.07, 6.45) is 36.8. The van der Waals surface area contributed by atoms with E-state index in [0.717, 1.165) is 25.7 Å². The molecule has 0 fully saturated rings. The highest BCUT2D eigenvalue weighted by Crippen LogP contribution is 2.40. The molecule has 0 N–H and O–H groups in total. The highest BCUT2D eigenvalue weighted by Gasteiger charge is 2.24. The van der Waals surface area contributed by atoms with Crippen molar-refractivity contribution in [3.05, 3.63) is 117 Å². The maximum absolute atomic E-state index is 2.53. The second-order valence-electron chi connectivity index (χ2n) is 10.9. The van der Waals surface area contributed by atoms with Crippen LogP contribution in [0.5, 0.6) is 0 Å². The first-order valence-electron chi connectivity index (χ1n) is 14.0. The lowest BCUT2D eigenvalue weighted by atomic mass is 9.76. The molecule has 0 radical (unpaired) electrons. The lowest BCUT2D eigenvalue weighted by molar-refractivity contribution is 0.572. The van der Waals surface area contributed by atoms with E-state index in [0.29, 0.717) is 5.92 Å². The Morgan fingerprint density at radius 2 is 1.28 bits per heavy atom. The lowest BCUT2D eigenvalue weighted by Crippen LogP contribution is -2.34. The Hall–Kier alpha value is -3.38. The summed E-state index contributed by atoms with van der Waals surface area (Å²) < 4.78 is 0. The van der Waals surface area contributed by atoms with E-state index in [9.17, 15) is 0 Å². The first-order valence-corrected chi connectivity index (χ1v) is 14.0. The summed E-state index contributed by atoms with van der Waals surface area (Å²) in [6.45, 7) is 0. The van der Waals surface area contributed by atoms with Gasteiger partial charge in [0, 0.05) is 0 Å². The van der Waals surface area contributed by atoms with Crippen LogP contribution in [0.1, 0.15) is 68.9 Å². The summed E-state index contributed by atoms with van der Waals surface area (Å²) in [5.41, 5.74) is 10.6. The summed E-state index contributed by atoms with van der Waals surface area (Å²) in [5, 5.41) is 5.84. The Labute approximate surface area is 214 Å². The van der Waals surface area contributed by atoms with Crippen LogP contribution in [-0.2, 0) is 0 Å². The molecular weight excluding hydrogens is 432 g/mol. The third-order valence-electron chi connectivity index (χ3n) is 8.80. The zero-order chi connectivity index (χ0) is 23.9. The Bertz CT molecular complexity index is 1590. The summed E-state index contributed by atoms with van der Waals surface area (Å²) in [7, 11) is 0. The molecule has 5 aliphatic carbocycles. The summed E-state index contributed by atoms with van der Waals surface area (Å²) in [5.74, 6) is 0.707. The highest BCUT2D eigenvalue weighted by atomic mass is 14.3. The van der Waals surface area contributed by atoms with Gasteiger partial charge in [0.2, 0.25) is 0 Å². The van der Waals surface area contributed by atoms with Gasteiger partial charge in [0.1, 0.15) is 0 Å². The number of allylic oxidation sites excluding steroid dienone is 14. The number of rotatable bonds is 3. The molecule has 1 atom stereocenters. The van der Waals surface area contributed by atoms with E-state index in [-0.39, 0.29) is 0 Å². The fourth-order valence-corrected chi connectivity index (χ4v) is 6.98. The summed E-state index contributed by atoms with van der Waals surface area (Å²) in [4.78, 5) is 0. The van der Waals surface area contributed by atoms with Crippen LogP contribution >= 0.6 is 0 Å². The maximum Gasteiger partial charge on any atom is -0.00700 e. The van der Waals surface area contributed by atoms with Crippen LogP contribution in [0.4, 0.5) is 0 Å². The molecule has 0 aliphatic heterocycles. The van der Waals surface area contributed by atoms with E-state index < -0.39 is 0 Å². The smallest absolute Gasteiger partial charge is 0.00700 e. The molecule has 7 rings (SSSR count). The van der Waals surface area contributed by atoms with Gasteiger partial charge in [-0.3, -0.25) is 0 Å². The Morgan fingerprint density at radius 3 is 2.00 bits per heavy atom. The van der Waals surface area contributed by atoms with Gasteiger partial charge >= 0.3 is 0 Å². The van der Waals surface area contributed by atoms with Crippen LogP contribution in [0.15, 0.2) is 95.7 Å². The third-order valence-corrected chi connectivity index (χ3v) is 8.80. The first kappa shape index (κ1) is 21.9. The van der Waals surface area contributed by atoms with Crippen molar-refractivity contribution in [3.63, 3.8) is 0 Å². The molecule has 2 aromatic rings. The number of benzene rings is 2. The zero-order valence-electron chi connectivity index (χ0n) is 21.1. The van der Waals surface area contributed by atoms with Gasteiger partial charge in [0.15, 0.2) is 0 Å². The van der Waals surface area contributed by atoms with Crippen LogP contribution in [0.3, 0.4) is 0 Å². The van der Waals surface area contributed by atoms with Crippen LogP contribution < -0.4 is 10.4 Å². The quantitative estimate of drug-likeness (QED) is 0.427. The highest BCUT2D eigenvalue weighted by molar-refractivity contribution is 6.02. The summed E-state index contributed by atoms with van der Waals surface area (Å²) in [6, 6.07) is 9.22. The molecule has 0 bridgehead atoms. The van der Waals surface area contributed by atoms with Crippen molar-refractivity contribution in [1.29, 1.82) is 0 Å². The number of hydrogen-bond acceptors (Lipinski definition) is 0. The van der Waals surface area contributed by atoms with Gasteiger partial charge in [-0.05, 0) is 124 Å². The summed E-state index contributed by atoms with van der Waals surface area (Å²) >= 11 is 0. The van der Waals surface area contributed by atoms with Gasteiger partial charge in [-0.2, -0.15) is 0 Å². The van der Waals surface area contributed by atoms with Gasteiger partial charge in [-0.25, -0.2) is 0 Å². The van der Waals surface area contributed by atoms with E-state index in [4.69, 9.17) is 0 Å². The minimum atomic E-state index is 0.707. The van der Waals surface area contributed by atoms with Crippen LogP contribution in [0.25, 0.3) is 34.1 Å². The molecular formula is C36H34. The molecule has 1 unspecified atom stereocenters. The average Bonchev–Trinajstić information content (AvgIpc) is 2.96. The van der Waals surface area contributed by atoms with Crippen molar-refractivity contribution in [2.75, 3.05) is 0 Å². The predicted molar refractivity (Wildman–Crippen MR) is 156 cm³/mol. The number of fused-ring (bicyclic) bond motifs is 3. The second-order valence-corrected chi connectivity index (χ2v) is 10.9. The predicted octanol–water partition coefficient (Wildman–Crippen LogP) is 8.25. The molecule has 0 spiro atoms. The third kappa shape index (κ3) is 3.75. The van der Waals surface area contributed by atoms with E-state index in [1.54, 1.807) is 0 Å². The molecule has 0 saturated heterocycles. The molecule has 2 aromatic carbocycles. The van der Waals surface area contributed by atoms with Gasteiger partial charge in [0.05, 0.1) is 0 Å². The molecule has 0 saturated carbocycles.